The number of nitrogens with two attached hydrogens (primary N) is 1. The van der Waals surface area contributed by atoms with Crippen molar-refractivity contribution in [3.8, 4) is 5.75 Å². The average Bonchev–Trinajstić information content (AvgIpc) is 3.65. The molecule has 0 saturated carbocycles. The van der Waals surface area contributed by atoms with Crippen molar-refractivity contribution in [2.75, 3.05) is 98.7 Å². The number of aryl methyl sites for hydroxylation is 1. The number of unbranched alkanes of at least 4 members (excludes halogenated alkanes) is 1. The number of hydrogen-bond donors (Lipinski definition) is 11. The molecule has 26 nitrogen and oxygen atoms in total. The number of likely N-dealkylation sites (N-methyl/N-ethyl adjacent to an activating group) is 1. The summed E-state index contributed by atoms with van der Waals surface area (Å²) in [6.07, 6.45) is 1.56. The van der Waals surface area contributed by atoms with E-state index >= 15 is 0 Å². The first kappa shape index (κ1) is 70.0. The minimum Gasteiger partial charge on any atom is -0.507 e. The molecule has 0 aliphatic carbocycles. The molecular formula is C62H81IN12O14. The number of fused-ring (bicyclic) bond motifs is 1. The SMILES string of the molecule is CN1C(=O)[C@@H](Cc2ccc(O)c(I)c2)NC(=O)CNC(=O)[C@H](Cc2ccc3ccccc3c2)NC(=O)[C@H](CCCCC(=N)N)NC(=O)[C@H]1CCCNC(=O)c1ccc(CCC(=O)CN2CCN(CC(=O)O)CCN(CC(=O)O)CCN(CC(=O)O)CC2)cc1. The van der Waals surface area contributed by atoms with Crippen molar-refractivity contribution in [2.45, 2.75) is 88.4 Å². The molecule has 0 unspecified atom stereocenters. The fourth-order valence-electron chi connectivity index (χ4n) is 10.7. The number of rotatable bonds is 25. The summed E-state index contributed by atoms with van der Waals surface area (Å²) in [5.41, 5.74) is 7.98. The Morgan fingerprint density at radius 3 is 1.73 bits per heavy atom. The summed E-state index contributed by atoms with van der Waals surface area (Å²) >= 11 is 1.94. The average molecular weight is 1350 g/mol. The molecule has 2 aliphatic heterocycles. The lowest BCUT2D eigenvalue weighted by atomic mass is 10.00. The van der Waals surface area contributed by atoms with Crippen molar-refractivity contribution in [1.29, 1.82) is 5.41 Å². The fraction of sp³-hybridized carbons (Fsp3) is 0.468. The van der Waals surface area contributed by atoms with Crippen molar-refractivity contribution in [1.82, 2.24) is 51.1 Å². The zero-order chi connectivity index (χ0) is 64.6. The number of ketones is 1. The highest BCUT2D eigenvalue weighted by molar-refractivity contribution is 14.1. The van der Waals surface area contributed by atoms with E-state index in [0.717, 1.165) is 16.3 Å². The second-order valence-corrected chi connectivity index (χ2v) is 23.7. The maximum absolute atomic E-state index is 14.7. The van der Waals surface area contributed by atoms with E-state index in [1.807, 2.05) is 70.0 Å². The molecule has 0 radical (unpaired) electrons. The van der Waals surface area contributed by atoms with Crippen LogP contribution in [0, 0.1) is 8.98 Å². The topological polar surface area (TPSA) is 378 Å². The maximum atomic E-state index is 14.7. The van der Waals surface area contributed by atoms with E-state index in [1.165, 1.54) is 18.0 Å². The van der Waals surface area contributed by atoms with Gasteiger partial charge < -0.3 is 57.6 Å². The first-order valence-corrected chi connectivity index (χ1v) is 30.7. The first-order chi connectivity index (χ1) is 42.5. The minimum atomic E-state index is -1.28. The molecule has 4 aromatic rings. The Morgan fingerprint density at radius 2 is 1.15 bits per heavy atom. The van der Waals surface area contributed by atoms with Gasteiger partial charge in [0, 0.05) is 97.2 Å². The summed E-state index contributed by atoms with van der Waals surface area (Å²) in [7, 11) is 1.40. The molecule has 0 aromatic heterocycles. The summed E-state index contributed by atoms with van der Waals surface area (Å²) in [6.45, 7) is 0.727. The van der Waals surface area contributed by atoms with Crippen molar-refractivity contribution < 1.29 is 68.4 Å². The van der Waals surface area contributed by atoms with Crippen LogP contribution in [0.15, 0.2) is 84.9 Å². The minimum absolute atomic E-state index is 0.00568. The molecule has 480 valence electrons. The number of hydrogen-bond acceptors (Lipinski definition) is 16. The van der Waals surface area contributed by atoms with Gasteiger partial charge in [-0.3, -0.25) is 73.0 Å². The Kier molecular flexibility index (Phi) is 27.7. The van der Waals surface area contributed by atoms with Crippen LogP contribution in [0.5, 0.6) is 5.75 Å². The number of carboxylic acids is 3. The standard InChI is InChI=1S/C62H81IN12O14/c1-71-51(10-6-22-66-58(85)44-18-12-40(13-19-44)15-20-46(76)36-72-23-25-73(37-55(79)80)27-29-75(39-57(83)84)30-28-74(26-24-72)38-56(81)82)61(88)69-48(9-4-5-11-53(64)65)60(87)70-49(33-41-14-17-43-7-2-3-8-45(43)31-41)59(86)67-35-54(78)68-50(62(71)89)34-42-16-21-52(77)47(63)32-42/h2-3,7-8,12-14,16-19,21,31-32,48-51,77H,4-6,9-11,15,20,22-30,33-39H2,1H3,(H3,64,65)(H,66,85)(H,67,86)(H,68,78)(H,69,88)(H,70,87)(H,79,80)(H,81,82)(H,83,84)/t48-,49-,50+,51+/m0/s1. The van der Waals surface area contributed by atoms with Crippen LogP contribution >= 0.6 is 22.6 Å². The van der Waals surface area contributed by atoms with Gasteiger partial charge in [0.25, 0.3) is 5.91 Å². The van der Waals surface area contributed by atoms with E-state index in [2.05, 4.69) is 26.6 Å². The third-order valence-electron chi connectivity index (χ3n) is 15.6. The summed E-state index contributed by atoms with van der Waals surface area (Å²) in [4.78, 5) is 142. The first-order valence-electron chi connectivity index (χ1n) is 29.7. The highest BCUT2D eigenvalue weighted by atomic mass is 127. The number of nitrogens with one attached hydrogen (secondary N) is 6. The third-order valence-corrected chi connectivity index (χ3v) is 16.5. The lowest BCUT2D eigenvalue weighted by molar-refractivity contribution is -0.142. The Morgan fingerprint density at radius 1 is 0.607 bits per heavy atom. The van der Waals surface area contributed by atoms with Crippen molar-refractivity contribution >= 4 is 98.3 Å². The summed E-state index contributed by atoms with van der Waals surface area (Å²) in [6, 6.07) is 19.6. The Labute approximate surface area is 529 Å². The van der Waals surface area contributed by atoms with E-state index in [0.29, 0.717) is 52.6 Å². The van der Waals surface area contributed by atoms with Gasteiger partial charge >= 0.3 is 17.9 Å². The molecule has 6 rings (SSSR count). The molecule has 6 amide bonds. The van der Waals surface area contributed by atoms with E-state index in [-0.39, 0.29) is 134 Å². The molecule has 0 bridgehead atoms. The second kappa shape index (κ2) is 35.2. The number of aliphatic carboxylic acids is 3. The van der Waals surface area contributed by atoms with Crippen LogP contribution in [0.3, 0.4) is 0 Å². The van der Waals surface area contributed by atoms with Gasteiger partial charge in [0.2, 0.25) is 29.5 Å². The van der Waals surface area contributed by atoms with Gasteiger partial charge in [0.15, 0.2) is 0 Å². The van der Waals surface area contributed by atoms with Crippen LogP contribution < -0.4 is 32.3 Å². The largest absolute Gasteiger partial charge is 0.507 e. The van der Waals surface area contributed by atoms with Crippen LogP contribution in [0.2, 0.25) is 0 Å². The quantitative estimate of drug-likeness (QED) is 0.0191. The normalized spacial score (nSPS) is 19.5. The van der Waals surface area contributed by atoms with E-state index < -0.39 is 84.1 Å². The molecule has 4 atom stereocenters. The highest BCUT2D eigenvalue weighted by Crippen LogP contribution is 2.23. The number of nitrogens with zero attached hydrogens (tertiary/aromatic N) is 5. The molecule has 2 heterocycles. The number of amides is 6. The predicted octanol–water partition coefficient (Wildman–Crippen LogP) is 1.03. The fourth-order valence-corrected chi connectivity index (χ4v) is 11.2. The summed E-state index contributed by atoms with van der Waals surface area (Å²) < 4.78 is 0.485. The number of carboxylic acid groups (broad SMARTS) is 3. The number of carbonyl (C=O) groups excluding carboxylic acids is 7. The van der Waals surface area contributed by atoms with Crippen LogP contribution in [-0.4, -0.2) is 233 Å². The number of benzene rings is 4. The zero-order valence-electron chi connectivity index (χ0n) is 49.9. The number of aromatic hydroxyl groups is 1. The van der Waals surface area contributed by atoms with Crippen molar-refractivity contribution in [3.63, 3.8) is 0 Å². The number of carbonyl (C=O) groups is 10. The molecule has 2 fully saturated rings. The predicted molar refractivity (Wildman–Crippen MR) is 338 cm³/mol. The van der Waals surface area contributed by atoms with Crippen molar-refractivity contribution in [2.24, 2.45) is 5.73 Å². The molecule has 89 heavy (non-hydrogen) atoms. The van der Waals surface area contributed by atoms with Crippen LogP contribution in [0.25, 0.3) is 10.8 Å². The molecular weight excluding hydrogens is 1260 g/mol. The van der Waals surface area contributed by atoms with Gasteiger partial charge in [-0.25, -0.2) is 0 Å². The number of amidine groups is 1. The number of Topliss-reactive ketones (excluding diaryl/α,β-unsaturated/α-hetero) is 1. The van der Waals surface area contributed by atoms with Gasteiger partial charge in [-0.1, -0.05) is 67.1 Å². The van der Waals surface area contributed by atoms with Gasteiger partial charge in [0.05, 0.1) is 42.1 Å². The summed E-state index contributed by atoms with van der Waals surface area (Å²) in [5.74, 6) is -7.31. The number of halogens is 1. The molecule has 27 heteroatoms. The van der Waals surface area contributed by atoms with E-state index in [1.54, 1.807) is 51.1 Å². The van der Waals surface area contributed by atoms with Gasteiger partial charge in [-0.2, -0.15) is 0 Å². The lowest BCUT2D eigenvalue weighted by Gasteiger charge is -2.32. The smallest absolute Gasteiger partial charge is 0.317 e. The lowest BCUT2D eigenvalue weighted by Crippen LogP contribution is -2.58. The molecule has 12 N–H and O–H groups in total. The molecule has 2 saturated heterocycles. The molecule has 2 aliphatic rings. The van der Waals surface area contributed by atoms with Gasteiger partial charge in [-0.15, -0.1) is 0 Å². The third kappa shape index (κ3) is 23.7. The second-order valence-electron chi connectivity index (χ2n) is 22.5. The highest BCUT2D eigenvalue weighted by Gasteiger charge is 2.36. The van der Waals surface area contributed by atoms with Crippen LogP contribution in [-0.2, 0) is 62.4 Å². The Balaban J connectivity index is 1.13. The Hall–Kier alpha value is -8.12. The number of phenols is 1. The number of phenolic OH excluding ortho intramolecular Hbond substituents is 1. The van der Waals surface area contributed by atoms with Gasteiger partial charge in [-0.05, 0) is 106 Å². The van der Waals surface area contributed by atoms with Crippen molar-refractivity contribution in [3.05, 3.63) is 111 Å². The summed E-state index contributed by atoms with van der Waals surface area (Å²) in [5, 5.41) is 62.4. The van der Waals surface area contributed by atoms with Gasteiger partial charge in [0.1, 0.15) is 35.7 Å². The zero-order valence-corrected chi connectivity index (χ0v) is 52.1. The van der Waals surface area contributed by atoms with Crippen LogP contribution in [0.4, 0.5) is 0 Å². The Bertz CT molecular complexity index is 3140. The molecule has 4 aromatic carbocycles. The van der Waals surface area contributed by atoms with E-state index in [9.17, 15) is 68.4 Å². The van der Waals surface area contributed by atoms with E-state index in [4.69, 9.17) is 11.1 Å². The van der Waals surface area contributed by atoms with Crippen LogP contribution in [0.1, 0.15) is 72.0 Å². The monoisotopic (exact) mass is 1340 g/mol. The maximum Gasteiger partial charge on any atom is 0.317 e. The molecule has 0 spiro atoms.